The van der Waals surface area contributed by atoms with Crippen molar-refractivity contribution in [2.45, 2.75) is 53.1 Å². The lowest BCUT2D eigenvalue weighted by atomic mass is 9.96. The molecule has 2 N–H and O–H groups in total. The van der Waals surface area contributed by atoms with Crippen LogP contribution in [0.1, 0.15) is 59.2 Å². The molecule has 2 atom stereocenters. The van der Waals surface area contributed by atoms with Gasteiger partial charge in [0.25, 0.3) is 0 Å². The molecule has 194 valence electrons. The normalized spacial score (nSPS) is 17.0. The van der Waals surface area contributed by atoms with E-state index in [2.05, 4.69) is 63.2 Å². The zero-order chi connectivity index (χ0) is 27.0. The molecule has 4 aromatic rings. The number of nitrogens with one attached hydrogen (secondary N) is 2. The van der Waals surface area contributed by atoms with Crippen LogP contribution >= 0.6 is 12.2 Å². The Hall–Kier alpha value is -4.04. The van der Waals surface area contributed by atoms with Crippen molar-refractivity contribution in [3.63, 3.8) is 0 Å². The monoisotopic (exact) mass is 524 g/mol. The molecule has 38 heavy (non-hydrogen) atoms. The minimum absolute atomic E-state index is 0.00976. The van der Waals surface area contributed by atoms with E-state index in [1.54, 1.807) is 0 Å². The maximum atomic E-state index is 12.0. The van der Waals surface area contributed by atoms with Crippen LogP contribution in [0.15, 0.2) is 67.0 Å². The van der Waals surface area contributed by atoms with Crippen LogP contribution in [0.3, 0.4) is 0 Å². The summed E-state index contributed by atoms with van der Waals surface area (Å²) in [5.74, 6) is 0.877. The van der Waals surface area contributed by atoms with E-state index in [0.717, 1.165) is 51.0 Å². The Balaban J connectivity index is 1.63. The number of hydrogen-bond acceptors (Lipinski definition) is 4. The summed E-state index contributed by atoms with van der Waals surface area (Å²) in [7, 11) is 0. The number of rotatable bonds is 6. The van der Waals surface area contributed by atoms with E-state index < -0.39 is 0 Å². The predicted octanol–water partition coefficient (Wildman–Crippen LogP) is 6.03. The van der Waals surface area contributed by atoms with E-state index in [9.17, 15) is 4.79 Å². The summed E-state index contributed by atoms with van der Waals surface area (Å²) >= 11 is 5.93. The number of anilines is 2. The molecule has 5 rings (SSSR count). The Labute approximate surface area is 228 Å². The van der Waals surface area contributed by atoms with Crippen LogP contribution in [0.25, 0.3) is 5.82 Å². The lowest BCUT2D eigenvalue weighted by Gasteiger charge is -2.29. The summed E-state index contributed by atoms with van der Waals surface area (Å²) in [6.07, 6.45) is 4.14. The van der Waals surface area contributed by atoms with Gasteiger partial charge in [-0.3, -0.25) is 9.78 Å². The zero-order valence-electron chi connectivity index (χ0n) is 22.3. The number of aromatic nitrogens is 3. The van der Waals surface area contributed by atoms with Gasteiger partial charge in [-0.15, -0.1) is 0 Å². The van der Waals surface area contributed by atoms with Gasteiger partial charge in [0.15, 0.2) is 5.11 Å². The van der Waals surface area contributed by atoms with Crippen LogP contribution in [-0.4, -0.2) is 25.6 Å². The quantitative estimate of drug-likeness (QED) is 0.300. The molecule has 0 aliphatic carbocycles. The highest BCUT2D eigenvalue weighted by Crippen LogP contribution is 2.44. The molecule has 0 radical (unpaired) electrons. The summed E-state index contributed by atoms with van der Waals surface area (Å²) in [6.45, 7) is 10.1. The molecule has 1 aliphatic heterocycles. The van der Waals surface area contributed by atoms with Crippen molar-refractivity contribution in [3.05, 3.63) is 101 Å². The van der Waals surface area contributed by atoms with Gasteiger partial charge in [-0.05, 0) is 99.1 Å². The number of amides is 1. The fourth-order valence-corrected chi connectivity index (χ4v) is 5.50. The van der Waals surface area contributed by atoms with E-state index in [1.807, 2.05) is 63.5 Å². The van der Waals surface area contributed by atoms with Crippen LogP contribution < -0.4 is 15.5 Å². The van der Waals surface area contributed by atoms with Gasteiger partial charge in [-0.2, -0.15) is 0 Å². The Morgan fingerprint density at radius 3 is 2.53 bits per heavy atom. The van der Waals surface area contributed by atoms with E-state index in [-0.39, 0.29) is 18.0 Å². The van der Waals surface area contributed by atoms with Crippen LogP contribution in [0.2, 0.25) is 0 Å². The van der Waals surface area contributed by atoms with E-state index in [0.29, 0.717) is 11.5 Å². The summed E-state index contributed by atoms with van der Waals surface area (Å²) in [5, 5.41) is 7.16. The lowest BCUT2D eigenvalue weighted by molar-refractivity contribution is -0.115. The van der Waals surface area contributed by atoms with Crippen molar-refractivity contribution >= 4 is 34.6 Å². The number of benzene rings is 1. The zero-order valence-corrected chi connectivity index (χ0v) is 23.1. The number of pyridine rings is 2. The third-order valence-electron chi connectivity index (χ3n) is 7.10. The van der Waals surface area contributed by atoms with Crippen molar-refractivity contribution in [1.29, 1.82) is 0 Å². The minimum atomic E-state index is -0.150. The average Bonchev–Trinajstić information content (AvgIpc) is 3.41. The Morgan fingerprint density at radius 2 is 1.87 bits per heavy atom. The standard InChI is InChI=1S/C30H32N6OS/c1-6-27(37)33-24-12-11-22(15-19(24)3)36-29(28(34-30(36)38)25-9-7-8-14-31-25)23-16-20(4)35(21(23)5)26-13-10-18(2)17-32-26/h7-17,28-29H,6H2,1-5H3,(H,33,37)(H,34,38)/t28-,29-/m0/s1. The number of thiocarbonyl (C=S) groups is 1. The molecule has 1 amide bonds. The van der Waals surface area contributed by atoms with Crippen molar-refractivity contribution in [3.8, 4) is 5.82 Å². The molecule has 3 aromatic heterocycles. The van der Waals surface area contributed by atoms with Gasteiger partial charge >= 0.3 is 0 Å². The topological polar surface area (TPSA) is 75.1 Å². The maximum Gasteiger partial charge on any atom is 0.224 e. The van der Waals surface area contributed by atoms with E-state index in [4.69, 9.17) is 17.2 Å². The summed E-state index contributed by atoms with van der Waals surface area (Å²) in [6, 6.07) is 18.1. The van der Waals surface area contributed by atoms with Gasteiger partial charge in [0.05, 0.1) is 17.8 Å². The van der Waals surface area contributed by atoms with Gasteiger partial charge < -0.3 is 20.1 Å². The Kier molecular flexibility index (Phi) is 6.99. The number of aryl methyl sites for hydroxylation is 3. The van der Waals surface area contributed by atoms with Gasteiger partial charge in [0, 0.05) is 41.6 Å². The highest BCUT2D eigenvalue weighted by molar-refractivity contribution is 7.80. The smallest absolute Gasteiger partial charge is 0.224 e. The first-order valence-electron chi connectivity index (χ1n) is 12.8. The molecule has 1 saturated heterocycles. The van der Waals surface area contributed by atoms with Gasteiger partial charge in [0.1, 0.15) is 5.82 Å². The largest absolute Gasteiger partial charge is 0.351 e. The molecular weight excluding hydrogens is 492 g/mol. The van der Waals surface area contributed by atoms with Crippen molar-refractivity contribution < 1.29 is 4.79 Å². The van der Waals surface area contributed by atoms with E-state index in [1.165, 1.54) is 0 Å². The molecule has 7 nitrogen and oxygen atoms in total. The average molecular weight is 525 g/mol. The number of carbonyl (C=O) groups is 1. The maximum absolute atomic E-state index is 12.0. The molecule has 0 spiro atoms. The van der Waals surface area contributed by atoms with Crippen molar-refractivity contribution in [2.75, 3.05) is 10.2 Å². The Morgan fingerprint density at radius 1 is 1.05 bits per heavy atom. The molecule has 1 fully saturated rings. The fraction of sp³-hybridized carbons (Fsp3) is 0.267. The molecule has 0 bridgehead atoms. The Bertz CT molecular complexity index is 1500. The molecule has 8 heteroatoms. The van der Waals surface area contributed by atoms with Gasteiger partial charge in [0.2, 0.25) is 5.91 Å². The molecule has 0 saturated carbocycles. The molecule has 1 aromatic carbocycles. The third-order valence-corrected chi connectivity index (χ3v) is 7.41. The second-order valence-corrected chi connectivity index (χ2v) is 10.1. The summed E-state index contributed by atoms with van der Waals surface area (Å²) in [4.78, 5) is 23.5. The molecule has 0 unspecified atom stereocenters. The van der Waals surface area contributed by atoms with Crippen LogP contribution in [-0.2, 0) is 4.79 Å². The van der Waals surface area contributed by atoms with E-state index >= 15 is 0 Å². The fourth-order valence-electron chi connectivity index (χ4n) is 5.16. The lowest BCUT2D eigenvalue weighted by Crippen LogP contribution is -2.29. The first-order valence-corrected chi connectivity index (χ1v) is 13.2. The van der Waals surface area contributed by atoms with Crippen LogP contribution in [0.5, 0.6) is 0 Å². The SMILES string of the molecule is CCC(=O)Nc1ccc(N2C(=S)N[C@@H](c3ccccn3)[C@@H]2c2cc(C)n(-c3ccc(C)cn3)c2C)cc1C. The third kappa shape index (κ3) is 4.67. The first-order chi connectivity index (χ1) is 18.3. The molecular formula is C30H32N6OS. The predicted molar refractivity (Wildman–Crippen MR) is 156 cm³/mol. The summed E-state index contributed by atoms with van der Waals surface area (Å²) in [5.41, 5.74) is 8.12. The molecule has 4 heterocycles. The number of nitrogens with zero attached hydrogens (tertiary/aromatic N) is 4. The van der Waals surface area contributed by atoms with Crippen molar-refractivity contribution in [1.82, 2.24) is 19.9 Å². The van der Waals surface area contributed by atoms with Crippen LogP contribution in [0, 0.1) is 27.7 Å². The second kappa shape index (κ2) is 10.4. The second-order valence-electron chi connectivity index (χ2n) is 9.75. The van der Waals surface area contributed by atoms with Gasteiger partial charge in [-0.25, -0.2) is 4.98 Å². The number of hydrogen-bond donors (Lipinski definition) is 2. The van der Waals surface area contributed by atoms with Crippen LogP contribution in [0.4, 0.5) is 11.4 Å². The van der Waals surface area contributed by atoms with Gasteiger partial charge in [-0.1, -0.05) is 19.1 Å². The minimum Gasteiger partial charge on any atom is -0.351 e. The highest BCUT2D eigenvalue weighted by Gasteiger charge is 2.42. The number of carbonyl (C=O) groups excluding carboxylic acids is 1. The highest BCUT2D eigenvalue weighted by atomic mass is 32.1. The first kappa shape index (κ1) is 25.6. The van der Waals surface area contributed by atoms with Crippen molar-refractivity contribution in [2.24, 2.45) is 0 Å². The molecule has 1 aliphatic rings. The summed E-state index contributed by atoms with van der Waals surface area (Å²) < 4.78 is 2.19.